The molecule has 0 aliphatic carbocycles. The Labute approximate surface area is 119 Å². The first-order chi connectivity index (χ1) is 9.19. The highest BCUT2D eigenvalue weighted by Gasteiger charge is 2.26. The Morgan fingerprint density at radius 2 is 1.80 bits per heavy atom. The summed E-state index contributed by atoms with van der Waals surface area (Å²) in [5.41, 5.74) is -0.219. The van der Waals surface area contributed by atoms with Crippen molar-refractivity contribution >= 4 is 21.7 Å². The smallest absolute Gasteiger partial charge is 0.310 e. The Morgan fingerprint density at radius 1 is 1.25 bits per heavy atom. The van der Waals surface area contributed by atoms with Crippen molar-refractivity contribution < 1.29 is 18.3 Å². The van der Waals surface area contributed by atoms with Gasteiger partial charge in [-0.2, -0.15) is 0 Å². The van der Waals surface area contributed by atoms with Crippen LogP contribution in [0.4, 0.5) is 5.69 Å². The molecule has 1 aromatic carbocycles. The maximum absolute atomic E-state index is 11.7. The van der Waals surface area contributed by atoms with Crippen LogP contribution in [0.3, 0.4) is 0 Å². The minimum atomic E-state index is -3.46. The van der Waals surface area contributed by atoms with Crippen molar-refractivity contribution in [3.63, 3.8) is 0 Å². The molecule has 112 valence electrons. The third kappa shape index (κ3) is 4.21. The van der Waals surface area contributed by atoms with Crippen LogP contribution in [0, 0.1) is 5.41 Å². The quantitative estimate of drug-likeness (QED) is 0.709. The van der Waals surface area contributed by atoms with Crippen LogP contribution in [-0.4, -0.2) is 32.6 Å². The highest BCUT2D eigenvalue weighted by molar-refractivity contribution is 7.89. The van der Waals surface area contributed by atoms with Gasteiger partial charge in [-0.25, -0.2) is 13.1 Å². The Balaban J connectivity index is 2.76. The maximum Gasteiger partial charge on any atom is 0.310 e. The molecule has 0 heterocycles. The van der Waals surface area contributed by atoms with Crippen molar-refractivity contribution in [1.82, 2.24) is 4.72 Å². The molecule has 0 aliphatic rings. The lowest BCUT2D eigenvalue weighted by molar-refractivity contribution is -0.146. The molecular weight excluding hydrogens is 280 g/mol. The van der Waals surface area contributed by atoms with E-state index in [9.17, 15) is 13.2 Å². The standard InChI is InChI=1S/C13H20N2O4S/c1-4-15-20(18,19)11-7-5-10(6-8-11)14-9-13(2,3)12(16)17/h5-8,14-15H,4,9H2,1-3H3,(H,16,17). The van der Waals surface area contributed by atoms with Crippen LogP contribution in [0.15, 0.2) is 29.2 Å². The molecule has 0 unspecified atom stereocenters. The minimum absolute atomic E-state index is 0.183. The van der Waals surface area contributed by atoms with Gasteiger partial charge in [-0.15, -0.1) is 0 Å². The van der Waals surface area contributed by atoms with Crippen molar-refractivity contribution in [2.75, 3.05) is 18.4 Å². The molecule has 0 atom stereocenters. The van der Waals surface area contributed by atoms with Crippen molar-refractivity contribution in [2.24, 2.45) is 5.41 Å². The van der Waals surface area contributed by atoms with Gasteiger partial charge in [0.05, 0.1) is 10.3 Å². The average Bonchev–Trinajstić information content (AvgIpc) is 2.37. The molecule has 0 fully saturated rings. The van der Waals surface area contributed by atoms with Gasteiger partial charge in [0.15, 0.2) is 0 Å². The van der Waals surface area contributed by atoms with Gasteiger partial charge < -0.3 is 10.4 Å². The molecule has 0 spiro atoms. The first kappa shape index (κ1) is 16.5. The van der Waals surface area contributed by atoms with Crippen LogP contribution in [0.25, 0.3) is 0 Å². The van der Waals surface area contributed by atoms with E-state index in [0.717, 1.165) is 0 Å². The lowest BCUT2D eigenvalue weighted by atomic mass is 9.94. The topological polar surface area (TPSA) is 95.5 Å². The number of anilines is 1. The van der Waals surface area contributed by atoms with Gasteiger partial charge in [0.1, 0.15) is 0 Å². The van der Waals surface area contributed by atoms with Crippen LogP contribution in [0.5, 0.6) is 0 Å². The molecule has 3 N–H and O–H groups in total. The van der Waals surface area contributed by atoms with E-state index in [1.807, 2.05) is 0 Å². The van der Waals surface area contributed by atoms with Crippen LogP contribution in [-0.2, 0) is 14.8 Å². The molecule has 20 heavy (non-hydrogen) atoms. The van der Waals surface area contributed by atoms with Crippen LogP contribution >= 0.6 is 0 Å². The van der Waals surface area contributed by atoms with Crippen LogP contribution < -0.4 is 10.0 Å². The monoisotopic (exact) mass is 300 g/mol. The number of nitrogens with one attached hydrogen (secondary N) is 2. The number of carboxylic acid groups (broad SMARTS) is 1. The third-order valence-electron chi connectivity index (χ3n) is 2.81. The summed E-state index contributed by atoms with van der Waals surface area (Å²) in [6, 6.07) is 6.19. The fraction of sp³-hybridized carbons (Fsp3) is 0.462. The lowest BCUT2D eigenvalue weighted by Crippen LogP contribution is -2.31. The molecular formula is C13H20N2O4S. The number of benzene rings is 1. The van der Waals surface area contributed by atoms with Crippen LogP contribution in [0.2, 0.25) is 0 Å². The summed E-state index contributed by atoms with van der Waals surface area (Å²) in [6.07, 6.45) is 0. The zero-order valence-electron chi connectivity index (χ0n) is 11.8. The van der Waals surface area contributed by atoms with E-state index in [2.05, 4.69) is 10.0 Å². The number of hydrogen-bond donors (Lipinski definition) is 3. The second-order valence-electron chi connectivity index (χ2n) is 5.07. The van der Waals surface area contributed by atoms with E-state index in [-0.39, 0.29) is 11.4 Å². The summed E-state index contributed by atoms with van der Waals surface area (Å²) >= 11 is 0. The summed E-state index contributed by atoms with van der Waals surface area (Å²) in [6.45, 7) is 5.52. The summed E-state index contributed by atoms with van der Waals surface area (Å²) in [4.78, 5) is 11.2. The third-order valence-corrected chi connectivity index (χ3v) is 4.37. The van der Waals surface area contributed by atoms with Crippen LogP contribution in [0.1, 0.15) is 20.8 Å². The fourth-order valence-electron chi connectivity index (χ4n) is 1.42. The number of sulfonamides is 1. The van der Waals surface area contributed by atoms with E-state index in [0.29, 0.717) is 12.2 Å². The normalized spacial score (nSPS) is 12.2. The molecule has 0 saturated heterocycles. The minimum Gasteiger partial charge on any atom is -0.481 e. The van der Waals surface area contributed by atoms with Gasteiger partial charge in [-0.05, 0) is 38.1 Å². The van der Waals surface area contributed by atoms with Crippen molar-refractivity contribution in [1.29, 1.82) is 0 Å². The van der Waals surface area contributed by atoms with Gasteiger partial charge >= 0.3 is 5.97 Å². The number of carbonyl (C=O) groups is 1. The van der Waals surface area contributed by atoms with Crippen molar-refractivity contribution in [3.8, 4) is 0 Å². The molecule has 0 radical (unpaired) electrons. The van der Waals surface area contributed by atoms with E-state index in [4.69, 9.17) is 5.11 Å². The van der Waals surface area contributed by atoms with E-state index in [1.54, 1.807) is 32.9 Å². The number of aliphatic carboxylic acids is 1. The summed E-state index contributed by atoms with van der Waals surface area (Å²) in [5.74, 6) is -0.892. The highest BCUT2D eigenvalue weighted by atomic mass is 32.2. The second-order valence-corrected chi connectivity index (χ2v) is 6.84. The van der Waals surface area contributed by atoms with E-state index in [1.165, 1.54) is 12.1 Å². The maximum atomic E-state index is 11.7. The number of carboxylic acids is 1. The Kier molecular flexibility index (Phi) is 5.13. The molecule has 0 aliphatic heterocycles. The fourth-order valence-corrected chi connectivity index (χ4v) is 2.47. The first-order valence-electron chi connectivity index (χ1n) is 6.26. The van der Waals surface area contributed by atoms with E-state index >= 15 is 0 Å². The molecule has 6 nitrogen and oxygen atoms in total. The summed E-state index contributed by atoms with van der Waals surface area (Å²) in [7, 11) is -3.46. The first-order valence-corrected chi connectivity index (χ1v) is 7.74. The van der Waals surface area contributed by atoms with Crippen molar-refractivity contribution in [2.45, 2.75) is 25.7 Å². The van der Waals surface area contributed by atoms with Gasteiger partial charge in [0.25, 0.3) is 0 Å². The zero-order valence-corrected chi connectivity index (χ0v) is 12.6. The predicted octanol–water partition coefficient (Wildman–Crippen LogP) is 1.51. The predicted molar refractivity (Wildman–Crippen MR) is 77.2 cm³/mol. The van der Waals surface area contributed by atoms with Gasteiger partial charge in [-0.3, -0.25) is 4.79 Å². The van der Waals surface area contributed by atoms with Gasteiger partial charge in [0.2, 0.25) is 10.0 Å². The Hall–Kier alpha value is -1.60. The van der Waals surface area contributed by atoms with Gasteiger partial charge in [-0.1, -0.05) is 6.92 Å². The number of rotatable bonds is 7. The van der Waals surface area contributed by atoms with Gasteiger partial charge in [0, 0.05) is 18.8 Å². The molecule has 1 aromatic rings. The molecule has 0 saturated carbocycles. The average molecular weight is 300 g/mol. The summed E-state index contributed by atoms with van der Waals surface area (Å²) < 4.78 is 25.9. The second kappa shape index (κ2) is 6.23. The zero-order chi connectivity index (χ0) is 15.4. The molecule has 7 heteroatoms. The molecule has 0 bridgehead atoms. The number of hydrogen-bond acceptors (Lipinski definition) is 4. The summed E-state index contributed by atoms with van der Waals surface area (Å²) in [5, 5.41) is 12.0. The highest BCUT2D eigenvalue weighted by Crippen LogP contribution is 2.18. The molecule has 0 aromatic heterocycles. The van der Waals surface area contributed by atoms with Crippen molar-refractivity contribution in [3.05, 3.63) is 24.3 Å². The lowest BCUT2D eigenvalue weighted by Gasteiger charge is -2.20. The Morgan fingerprint density at radius 3 is 2.25 bits per heavy atom. The Bertz CT molecular complexity index is 565. The molecule has 1 rings (SSSR count). The largest absolute Gasteiger partial charge is 0.481 e. The molecule has 0 amide bonds. The van der Waals surface area contributed by atoms with E-state index < -0.39 is 21.4 Å². The SMILES string of the molecule is CCNS(=O)(=O)c1ccc(NCC(C)(C)C(=O)O)cc1.